The molecule has 1 amide bonds. The molecule has 164 valence electrons. The topological polar surface area (TPSA) is 52.6 Å². The first-order valence-corrected chi connectivity index (χ1v) is 10.8. The van der Waals surface area contributed by atoms with Crippen molar-refractivity contribution in [3.63, 3.8) is 0 Å². The van der Waals surface area contributed by atoms with E-state index in [0.29, 0.717) is 26.2 Å². The number of piperazine rings is 1. The van der Waals surface area contributed by atoms with Gasteiger partial charge in [0.25, 0.3) is 0 Å². The number of rotatable bonds is 4. The van der Waals surface area contributed by atoms with Crippen LogP contribution >= 0.6 is 0 Å². The van der Waals surface area contributed by atoms with Gasteiger partial charge in [-0.2, -0.15) is 0 Å². The molecule has 0 aliphatic carbocycles. The zero-order chi connectivity index (χ0) is 21.8. The molecule has 2 fully saturated rings. The average molecular weight is 427 g/mol. The molecule has 0 unspecified atom stereocenters. The number of piperidine rings is 1. The second-order valence-electron chi connectivity index (χ2n) is 7.99. The summed E-state index contributed by atoms with van der Waals surface area (Å²) in [6, 6.07) is 5.23. The van der Waals surface area contributed by atoms with Crippen LogP contribution in [0.2, 0.25) is 0 Å². The minimum absolute atomic E-state index is 0.0636. The van der Waals surface area contributed by atoms with E-state index in [4.69, 9.17) is 0 Å². The van der Waals surface area contributed by atoms with E-state index in [1.54, 1.807) is 4.90 Å². The maximum Gasteiger partial charge on any atom is 0.246 e. The van der Waals surface area contributed by atoms with Crippen LogP contribution in [0.15, 0.2) is 30.3 Å². The van der Waals surface area contributed by atoms with Crippen molar-refractivity contribution >= 4 is 23.6 Å². The number of carbonyl (C=O) groups excluding carboxylic acids is 1. The van der Waals surface area contributed by atoms with Crippen LogP contribution in [0, 0.1) is 18.6 Å². The summed E-state index contributed by atoms with van der Waals surface area (Å²) < 4.78 is 27.0. The highest BCUT2D eigenvalue weighted by Gasteiger charge is 2.22. The summed E-state index contributed by atoms with van der Waals surface area (Å²) in [5.41, 5.74) is 0.0636. The van der Waals surface area contributed by atoms with Gasteiger partial charge in [0, 0.05) is 57.0 Å². The quantitative estimate of drug-likeness (QED) is 0.700. The number of anilines is 2. The molecule has 0 radical (unpaired) electrons. The van der Waals surface area contributed by atoms with Gasteiger partial charge >= 0.3 is 0 Å². The van der Waals surface area contributed by atoms with Crippen LogP contribution < -0.4 is 9.80 Å². The first kappa shape index (κ1) is 21.2. The van der Waals surface area contributed by atoms with Crippen molar-refractivity contribution in [2.45, 2.75) is 26.2 Å². The van der Waals surface area contributed by atoms with Crippen molar-refractivity contribution in [3.8, 4) is 0 Å². The van der Waals surface area contributed by atoms with Crippen LogP contribution in [0.4, 0.5) is 20.4 Å². The van der Waals surface area contributed by atoms with Gasteiger partial charge in [0.05, 0.1) is 0 Å². The van der Waals surface area contributed by atoms with Crippen molar-refractivity contribution in [1.82, 2.24) is 14.9 Å². The number of nitrogens with zero attached hydrogens (tertiary/aromatic N) is 5. The van der Waals surface area contributed by atoms with E-state index in [-0.39, 0.29) is 11.5 Å². The predicted molar refractivity (Wildman–Crippen MR) is 117 cm³/mol. The van der Waals surface area contributed by atoms with Gasteiger partial charge in [-0.05, 0) is 50.5 Å². The summed E-state index contributed by atoms with van der Waals surface area (Å²) in [7, 11) is 0. The molecule has 4 rings (SSSR count). The van der Waals surface area contributed by atoms with Gasteiger partial charge in [0.15, 0.2) is 0 Å². The van der Waals surface area contributed by atoms with E-state index in [9.17, 15) is 13.6 Å². The van der Waals surface area contributed by atoms with Crippen LogP contribution in [0.3, 0.4) is 0 Å². The normalized spacial score (nSPS) is 17.5. The Morgan fingerprint density at radius 1 is 0.903 bits per heavy atom. The number of amides is 1. The molecule has 6 nitrogen and oxygen atoms in total. The smallest absolute Gasteiger partial charge is 0.246 e. The number of aryl methyl sites for hydroxylation is 1. The number of aromatic nitrogens is 2. The molecule has 0 spiro atoms. The van der Waals surface area contributed by atoms with Crippen LogP contribution in [-0.4, -0.2) is 60.0 Å². The summed E-state index contributed by atoms with van der Waals surface area (Å²) in [4.78, 5) is 27.9. The Kier molecular flexibility index (Phi) is 6.44. The summed E-state index contributed by atoms with van der Waals surface area (Å²) in [5, 5.41) is 0. The highest BCUT2D eigenvalue weighted by molar-refractivity contribution is 5.92. The van der Waals surface area contributed by atoms with Gasteiger partial charge in [-0.3, -0.25) is 4.79 Å². The third-order valence-electron chi connectivity index (χ3n) is 5.77. The fourth-order valence-corrected chi connectivity index (χ4v) is 4.05. The lowest BCUT2D eigenvalue weighted by Gasteiger charge is -2.35. The first-order chi connectivity index (χ1) is 15.0. The molecule has 0 atom stereocenters. The van der Waals surface area contributed by atoms with Gasteiger partial charge in [-0.15, -0.1) is 0 Å². The molecule has 2 aliphatic rings. The zero-order valence-electron chi connectivity index (χ0n) is 17.7. The summed E-state index contributed by atoms with van der Waals surface area (Å²) in [6.07, 6.45) is 6.27. The molecule has 1 aromatic heterocycles. The average Bonchev–Trinajstić information content (AvgIpc) is 2.80. The SMILES string of the molecule is Cc1nc(N2CCCCC2)cc(N2CCN(C(=O)/C=C/c3cc(F)ccc3F)CC2)n1. The standard InChI is InChI=1S/C23H27F2N5O/c1-17-26-21(28-9-3-2-4-10-28)16-22(27-17)29-11-13-30(14-12-29)23(31)8-5-18-15-19(24)6-7-20(18)25/h5-8,15-16H,2-4,9-14H2,1H3/b8-5+. The predicted octanol–water partition coefficient (Wildman–Crippen LogP) is 3.42. The maximum atomic E-state index is 13.7. The lowest BCUT2D eigenvalue weighted by atomic mass is 10.1. The van der Waals surface area contributed by atoms with Crippen molar-refractivity contribution in [1.29, 1.82) is 0 Å². The summed E-state index contributed by atoms with van der Waals surface area (Å²) >= 11 is 0. The Balaban J connectivity index is 1.38. The van der Waals surface area contributed by atoms with Crippen molar-refractivity contribution in [2.75, 3.05) is 49.1 Å². The Morgan fingerprint density at radius 2 is 1.55 bits per heavy atom. The highest BCUT2D eigenvalue weighted by Crippen LogP contribution is 2.23. The molecule has 1 aromatic carbocycles. The van der Waals surface area contributed by atoms with Crippen molar-refractivity contribution in [3.05, 3.63) is 53.4 Å². The third-order valence-corrected chi connectivity index (χ3v) is 5.77. The van der Waals surface area contributed by atoms with Gasteiger partial charge in [0.1, 0.15) is 29.1 Å². The van der Waals surface area contributed by atoms with E-state index < -0.39 is 11.6 Å². The van der Waals surface area contributed by atoms with E-state index in [1.807, 2.05) is 13.0 Å². The fourth-order valence-electron chi connectivity index (χ4n) is 4.05. The second kappa shape index (κ2) is 9.41. The molecule has 2 aromatic rings. The van der Waals surface area contributed by atoms with E-state index in [2.05, 4.69) is 19.8 Å². The molecule has 2 saturated heterocycles. The Morgan fingerprint density at radius 3 is 2.23 bits per heavy atom. The maximum absolute atomic E-state index is 13.7. The molecular weight excluding hydrogens is 400 g/mol. The second-order valence-corrected chi connectivity index (χ2v) is 7.99. The van der Waals surface area contributed by atoms with Crippen LogP contribution in [-0.2, 0) is 4.79 Å². The van der Waals surface area contributed by atoms with Gasteiger partial charge < -0.3 is 14.7 Å². The largest absolute Gasteiger partial charge is 0.356 e. The molecule has 0 N–H and O–H groups in total. The molecule has 3 heterocycles. The summed E-state index contributed by atoms with van der Waals surface area (Å²) in [5.74, 6) is 1.30. The Bertz CT molecular complexity index is 966. The van der Waals surface area contributed by atoms with Crippen molar-refractivity contribution in [2.24, 2.45) is 0 Å². The monoisotopic (exact) mass is 427 g/mol. The first-order valence-electron chi connectivity index (χ1n) is 10.8. The van der Waals surface area contributed by atoms with E-state index in [1.165, 1.54) is 31.4 Å². The molecular formula is C23H27F2N5O. The molecule has 31 heavy (non-hydrogen) atoms. The van der Waals surface area contributed by atoms with Crippen LogP contribution in [0.5, 0.6) is 0 Å². The molecule has 0 bridgehead atoms. The lowest BCUT2D eigenvalue weighted by molar-refractivity contribution is -0.126. The fraction of sp³-hybridized carbons (Fsp3) is 0.435. The van der Waals surface area contributed by atoms with E-state index >= 15 is 0 Å². The molecule has 2 aliphatic heterocycles. The minimum atomic E-state index is -0.557. The molecule has 0 saturated carbocycles. The van der Waals surface area contributed by atoms with Crippen LogP contribution in [0.1, 0.15) is 30.7 Å². The Hall–Kier alpha value is -3.03. The number of hydrogen-bond acceptors (Lipinski definition) is 5. The molecule has 8 heteroatoms. The highest BCUT2D eigenvalue weighted by atomic mass is 19.1. The number of benzene rings is 1. The van der Waals surface area contributed by atoms with Gasteiger partial charge in [-0.25, -0.2) is 18.7 Å². The lowest BCUT2D eigenvalue weighted by Crippen LogP contribution is -2.48. The number of halogens is 2. The summed E-state index contributed by atoms with van der Waals surface area (Å²) in [6.45, 7) is 6.35. The zero-order valence-corrected chi connectivity index (χ0v) is 17.7. The van der Waals surface area contributed by atoms with E-state index in [0.717, 1.165) is 48.7 Å². The number of hydrogen-bond donors (Lipinski definition) is 0. The van der Waals surface area contributed by atoms with Gasteiger partial charge in [0.2, 0.25) is 5.91 Å². The Labute approximate surface area is 181 Å². The van der Waals surface area contributed by atoms with Gasteiger partial charge in [-0.1, -0.05) is 0 Å². The number of carbonyl (C=O) groups is 1. The minimum Gasteiger partial charge on any atom is -0.356 e. The van der Waals surface area contributed by atoms with Crippen molar-refractivity contribution < 1.29 is 13.6 Å². The van der Waals surface area contributed by atoms with Crippen LogP contribution in [0.25, 0.3) is 6.08 Å². The third kappa shape index (κ3) is 5.18.